The Morgan fingerprint density at radius 2 is 2.15 bits per heavy atom. The highest BCUT2D eigenvalue weighted by Crippen LogP contribution is 1.92. The van der Waals surface area contributed by atoms with E-state index < -0.39 is 17.3 Å². The Bertz CT molecular complexity index is 261. The molecule has 0 aromatic carbocycles. The summed E-state index contributed by atoms with van der Waals surface area (Å²) in [6, 6.07) is 0. The average Bonchev–Trinajstić information content (AvgIpc) is 2.00. The average molecular weight is 204 g/mol. The van der Waals surface area contributed by atoms with Crippen LogP contribution in [0.3, 0.4) is 0 Å². The van der Waals surface area contributed by atoms with Crippen molar-refractivity contribution in [2.45, 2.75) is 6.92 Å². The van der Waals surface area contributed by atoms with E-state index in [0.29, 0.717) is 5.57 Å². The van der Waals surface area contributed by atoms with Crippen LogP contribution in [0.5, 0.6) is 0 Å². The van der Waals surface area contributed by atoms with Crippen molar-refractivity contribution >= 4 is 17.3 Å². The Labute approximate surface area is 79.0 Å². The summed E-state index contributed by atoms with van der Waals surface area (Å²) in [6.07, 6.45) is 0. The zero-order valence-corrected chi connectivity index (χ0v) is 7.98. The first kappa shape index (κ1) is 12.0. The molecule has 0 bridgehead atoms. The molecule has 0 radical (unpaired) electrons. The molecule has 0 aromatic rings. The van der Waals surface area contributed by atoms with Crippen LogP contribution in [-0.2, 0) is 20.3 Å². The molecule has 1 amide bonds. The minimum absolute atomic E-state index is 0.164. The quantitative estimate of drug-likeness (QED) is 0.505. The lowest BCUT2D eigenvalue weighted by molar-refractivity contribution is -0.116. The molecule has 0 saturated heterocycles. The van der Waals surface area contributed by atoms with Crippen molar-refractivity contribution in [2.24, 2.45) is 0 Å². The summed E-state index contributed by atoms with van der Waals surface area (Å²) in [7, 11) is 0. The van der Waals surface area contributed by atoms with Gasteiger partial charge in [-0.25, -0.2) is 4.21 Å². The SMILES string of the molecule is C=C(COS(=O)[O-])NC(=O)C(=C)C. The fourth-order valence-corrected chi connectivity index (χ4v) is 0.661. The first-order valence-electron chi connectivity index (χ1n) is 3.30. The van der Waals surface area contributed by atoms with E-state index in [2.05, 4.69) is 22.7 Å². The highest BCUT2D eigenvalue weighted by Gasteiger charge is 2.02. The molecule has 0 aliphatic heterocycles. The van der Waals surface area contributed by atoms with Crippen LogP contribution in [0, 0.1) is 0 Å². The number of rotatable bonds is 5. The van der Waals surface area contributed by atoms with E-state index in [9.17, 15) is 13.6 Å². The Morgan fingerprint density at radius 3 is 2.54 bits per heavy atom. The van der Waals surface area contributed by atoms with Gasteiger partial charge < -0.3 is 9.87 Å². The molecule has 0 rings (SSSR count). The third-order valence-electron chi connectivity index (χ3n) is 1.01. The molecule has 0 heterocycles. The van der Waals surface area contributed by atoms with Crippen molar-refractivity contribution in [2.75, 3.05) is 6.61 Å². The van der Waals surface area contributed by atoms with Gasteiger partial charge in [-0.1, -0.05) is 13.2 Å². The largest absolute Gasteiger partial charge is 0.750 e. The molecule has 1 unspecified atom stereocenters. The van der Waals surface area contributed by atoms with Crippen LogP contribution < -0.4 is 5.32 Å². The predicted octanol–water partition coefficient (Wildman–Crippen LogP) is 0.00310. The van der Waals surface area contributed by atoms with Crippen molar-refractivity contribution in [3.05, 3.63) is 24.4 Å². The maximum atomic E-state index is 10.9. The number of amides is 1. The smallest absolute Gasteiger partial charge is 0.250 e. The predicted molar refractivity (Wildman–Crippen MR) is 47.0 cm³/mol. The maximum Gasteiger partial charge on any atom is 0.250 e. The summed E-state index contributed by atoms with van der Waals surface area (Å²) >= 11 is -2.60. The fraction of sp³-hybridized carbons (Fsp3) is 0.286. The summed E-state index contributed by atoms with van der Waals surface area (Å²) < 4.78 is 24.0. The molecule has 0 fully saturated rings. The van der Waals surface area contributed by atoms with E-state index in [-0.39, 0.29) is 12.3 Å². The topological polar surface area (TPSA) is 78.5 Å². The van der Waals surface area contributed by atoms with Gasteiger partial charge in [0.1, 0.15) is 6.61 Å². The summed E-state index contributed by atoms with van der Waals surface area (Å²) in [5.41, 5.74) is 0.474. The first-order chi connectivity index (χ1) is 5.93. The van der Waals surface area contributed by atoms with Gasteiger partial charge in [0.2, 0.25) is 0 Å². The first-order valence-corrected chi connectivity index (χ1v) is 4.30. The normalized spacial score (nSPS) is 11.8. The van der Waals surface area contributed by atoms with Crippen LogP contribution in [0.4, 0.5) is 0 Å². The lowest BCUT2D eigenvalue weighted by Gasteiger charge is -2.09. The van der Waals surface area contributed by atoms with Crippen LogP contribution >= 0.6 is 0 Å². The van der Waals surface area contributed by atoms with Crippen LogP contribution in [0.1, 0.15) is 6.92 Å². The molecular weight excluding hydrogens is 194 g/mol. The highest BCUT2D eigenvalue weighted by molar-refractivity contribution is 7.74. The molecule has 0 aromatic heterocycles. The van der Waals surface area contributed by atoms with E-state index in [1.54, 1.807) is 0 Å². The van der Waals surface area contributed by atoms with Gasteiger partial charge in [0.25, 0.3) is 5.91 Å². The Morgan fingerprint density at radius 1 is 1.62 bits per heavy atom. The molecule has 0 spiro atoms. The zero-order valence-electron chi connectivity index (χ0n) is 7.16. The molecule has 1 N–H and O–H groups in total. The zero-order chi connectivity index (χ0) is 10.4. The third kappa shape index (κ3) is 6.21. The molecule has 5 nitrogen and oxygen atoms in total. The van der Waals surface area contributed by atoms with Crippen molar-refractivity contribution in [1.29, 1.82) is 0 Å². The van der Waals surface area contributed by atoms with Crippen LogP contribution in [0.15, 0.2) is 24.4 Å². The molecule has 0 aliphatic rings. The maximum absolute atomic E-state index is 10.9. The summed E-state index contributed by atoms with van der Waals surface area (Å²) in [4.78, 5) is 10.9. The third-order valence-corrected chi connectivity index (χ3v) is 1.32. The Balaban J connectivity index is 3.82. The number of nitrogens with one attached hydrogen (secondary N) is 1. The van der Waals surface area contributed by atoms with Crippen molar-refractivity contribution in [1.82, 2.24) is 5.32 Å². The van der Waals surface area contributed by atoms with Crippen LogP contribution in [0.2, 0.25) is 0 Å². The van der Waals surface area contributed by atoms with Gasteiger partial charge in [-0.3, -0.25) is 8.98 Å². The molecule has 74 valence electrons. The van der Waals surface area contributed by atoms with E-state index >= 15 is 0 Å². The second kappa shape index (κ2) is 5.63. The molecular formula is C7H10NO4S-. The van der Waals surface area contributed by atoms with Crippen LogP contribution in [-0.4, -0.2) is 21.3 Å². The highest BCUT2D eigenvalue weighted by atomic mass is 32.2. The van der Waals surface area contributed by atoms with Gasteiger partial charge in [-0.2, -0.15) is 0 Å². The second-order valence-electron chi connectivity index (χ2n) is 2.30. The molecule has 13 heavy (non-hydrogen) atoms. The van der Waals surface area contributed by atoms with Gasteiger partial charge in [0.05, 0.1) is 11.4 Å². The van der Waals surface area contributed by atoms with E-state index in [4.69, 9.17) is 0 Å². The van der Waals surface area contributed by atoms with E-state index in [1.165, 1.54) is 6.92 Å². The van der Waals surface area contributed by atoms with Crippen LogP contribution in [0.25, 0.3) is 0 Å². The van der Waals surface area contributed by atoms with E-state index in [0.717, 1.165) is 0 Å². The lowest BCUT2D eigenvalue weighted by atomic mass is 10.3. The lowest BCUT2D eigenvalue weighted by Crippen LogP contribution is -2.25. The molecule has 0 saturated carbocycles. The fourth-order valence-electron chi connectivity index (χ4n) is 0.423. The standard InChI is InChI=1S/C7H11NO4S/c1-5(2)7(9)8-6(3)4-12-13(10)11/h1,3-4H2,2H3,(H,8,9)(H,10,11)/p-1. The minimum atomic E-state index is -2.60. The Hall–Kier alpha value is -0.980. The van der Waals surface area contributed by atoms with Crippen molar-refractivity contribution in [3.63, 3.8) is 0 Å². The molecule has 0 aliphatic carbocycles. The minimum Gasteiger partial charge on any atom is -0.750 e. The van der Waals surface area contributed by atoms with Gasteiger partial charge in [0.15, 0.2) is 0 Å². The number of carbonyl (C=O) groups is 1. The van der Waals surface area contributed by atoms with Gasteiger partial charge in [-0.05, 0) is 6.92 Å². The second-order valence-corrected chi connectivity index (χ2v) is 2.95. The summed E-state index contributed by atoms with van der Waals surface area (Å²) in [6.45, 7) is 8.02. The van der Waals surface area contributed by atoms with Gasteiger partial charge in [-0.15, -0.1) is 0 Å². The monoisotopic (exact) mass is 204 g/mol. The molecule has 6 heteroatoms. The van der Waals surface area contributed by atoms with Gasteiger partial charge in [0, 0.05) is 11.3 Å². The van der Waals surface area contributed by atoms with Crippen molar-refractivity contribution in [3.8, 4) is 0 Å². The summed E-state index contributed by atoms with van der Waals surface area (Å²) in [5.74, 6) is -0.412. The number of carbonyl (C=O) groups excluding carboxylic acids is 1. The molecule has 1 atom stereocenters. The number of hydrogen-bond acceptors (Lipinski definition) is 4. The number of hydrogen-bond donors (Lipinski definition) is 1. The van der Waals surface area contributed by atoms with Gasteiger partial charge >= 0.3 is 0 Å². The van der Waals surface area contributed by atoms with E-state index in [1.807, 2.05) is 0 Å². The summed E-state index contributed by atoms with van der Waals surface area (Å²) in [5, 5.41) is 2.30. The van der Waals surface area contributed by atoms with Crippen molar-refractivity contribution < 1.29 is 17.7 Å². The Kier molecular flexibility index (Phi) is 5.20.